The van der Waals surface area contributed by atoms with Gasteiger partial charge in [-0.3, -0.25) is 4.79 Å². The van der Waals surface area contributed by atoms with E-state index in [0.29, 0.717) is 12.0 Å². The second-order valence-corrected chi connectivity index (χ2v) is 6.53. The van der Waals surface area contributed by atoms with E-state index in [1.165, 1.54) is 12.8 Å². The molecule has 0 aromatic carbocycles. The third-order valence-electron chi connectivity index (χ3n) is 5.06. The Labute approximate surface area is 111 Å². The van der Waals surface area contributed by atoms with Crippen LogP contribution in [0.15, 0.2) is 0 Å². The maximum absolute atomic E-state index is 12.3. The van der Waals surface area contributed by atoms with Gasteiger partial charge < -0.3 is 11.1 Å². The van der Waals surface area contributed by atoms with Gasteiger partial charge in [0.1, 0.15) is 0 Å². The second-order valence-electron chi connectivity index (χ2n) is 6.53. The van der Waals surface area contributed by atoms with Crippen molar-refractivity contribution in [1.82, 2.24) is 5.32 Å². The van der Waals surface area contributed by atoms with Gasteiger partial charge in [-0.05, 0) is 50.4 Å². The Morgan fingerprint density at radius 2 is 1.72 bits per heavy atom. The average molecular weight is 252 g/mol. The van der Waals surface area contributed by atoms with Gasteiger partial charge in [-0.1, -0.05) is 20.3 Å². The van der Waals surface area contributed by atoms with E-state index >= 15 is 0 Å². The van der Waals surface area contributed by atoms with Gasteiger partial charge in [-0.15, -0.1) is 0 Å². The van der Waals surface area contributed by atoms with Crippen molar-refractivity contribution in [1.29, 1.82) is 0 Å². The van der Waals surface area contributed by atoms with Crippen LogP contribution in [-0.2, 0) is 4.79 Å². The van der Waals surface area contributed by atoms with Crippen molar-refractivity contribution in [3.63, 3.8) is 0 Å². The fourth-order valence-electron chi connectivity index (χ4n) is 3.48. The lowest BCUT2D eigenvalue weighted by Gasteiger charge is -2.35. The standard InChI is InChI=1S/C15H28N2O/c1-10-6-8-12(9-7-10)17-15(18)13-4-3-5-14(16)11(13)2/h10-14H,3-9,16H2,1-2H3,(H,17,18). The summed E-state index contributed by atoms with van der Waals surface area (Å²) in [5.74, 6) is 1.58. The SMILES string of the molecule is CC1CCC(NC(=O)C2CCCC(N)C2C)CC1. The minimum atomic E-state index is 0.146. The highest BCUT2D eigenvalue weighted by atomic mass is 16.2. The van der Waals surface area contributed by atoms with E-state index in [-0.39, 0.29) is 17.9 Å². The molecule has 2 aliphatic carbocycles. The Balaban J connectivity index is 1.83. The van der Waals surface area contributed by atoms with Gasteiger partial charge in [-0.2, -0.15) is 0 Å². The third kappa shape index (κ3) is 3.25. The molecule has 3 N–H and O–H groups in total. The molecule has 1 amide bonds. The molecule has 3 heteroatoms. The van der Waals surface area contributed by atoms with Gasteiger partial charge in [0.05, 0.1) is 0 Å². The van der Waals surface area contributed by atoms with Crippen LogP contribution in [0, 0.1) is 17.8 Å². The quantitative estimate of drug-likeness (QED) is 0.793. The van der Waals surface area contributed by atoms with Gasteiger partial charge in [0, 0.05) is 18.0 Å². The van der Waals surface area contributed by atoms with Crippen LogP contribution >= 0.6 is 0 Å². The van der Waals surface area contributed by atoms with E-state index in [1.54, 1.807) is 0 Å². The molecule has 0 radical (unpaired) electrons. The number of carbonyl (C=O) groups is 1. The zero-order chi connectivity index (χ0) is 13.1. The van der Waals surface area contributed by atoms with Crippen LogP contribution in [0.25, 0.3) is 0 Å². The number of rotatable bonds is 2. The molecule has 0 bridgehead atoms. The maximum atomic E-state index is 12.3. The lowest BCUT2D eigenvalue weighted by Crippen LogP contribution is -2.47. The average Bonchev–Trinajstić information content (AvgIpc) is 2.35. The summed E-state index contributed by atoms with van der Waals surface area (Å²) in [6.45, 7) is 4.44. The summed E-state index contributed by atoms with van der Waals surface area (Å²) in [4.78, 5) is 12.3. The van der Waals surface area contributed by atoms with Gasteiger partial charge in [0.2, 0.25) is 5.91 Å². The molecular formula is C15H28N2O. The van der Waals surface area contributed by atoms with Crippen LogP contribution in [0.3, 0.4) is 0 Å². The van der Waals surface area contributed by atoms with Crippen LogP contribution < -0.4 is 11.1 Å². The molecular weight excluding hydrogens is 224 g/mol. The molecule has 2 aliphatic rings. The van der Waals surface area contributed by atoms with Crippen molar-refractivity contribution in [3.05, 3.63) is 0 Å². The molecule has 3 unspecified atom stereocenters. The molecule has 2 saturated carbocycles. The van der Waals surface area contributed by atoms with Crippen molar-refractivity contribution >= 4 is 5.91 Å². The highest BCUT2D eigenvalue weighted by Gasteiger charge is 2.33. The molecule has 18 heavy (non-hydrogen) atoms. The highest BCUT2D eigenvalue weighted by molar-refractivity contribution is 5.79. The number of nitrogens with one attached hydrogen (secondary N) is 1. The van der Waals surface area contributed by atoms with E-state index < -0.39 is 0 Å². The van der Waals surface area contributed by atoms with E-state index in [2.05, 4.69) is 19.2 Å². The molecule has 0 spiro atoms. The molecule has 104 valence electrons. The number of amides is 1. The summed E-state index contributed by atoms with van der Waals surface area (Å²) in [5, 5.41) is 3.27. The predicted octanol–water partition coefficient (Wildman–Crippen LogP) is 2.44. The minimum absolute atomic E-state index is 0.146. The number of nitrogens with two attached hydrogens (primary N) is 1. The van der Waals surface area contributed by atoms with Crippen LogP contribution in [0.4, 0.5) is 0 Å². The summed E-state index contributed by atoms with van der Waals surface area (Å²) in [7, 11) is 0. The minimum Gasteiger partial charge on any atom is -0.353 e. The van der Waals surface area contributed by atoms with Gasteiger partial charge in [-0.25, -0.2) is 0 Å². The van der Waals surface area contributed by atoms with Crippen molar-refractivity contribution in [2.75, 3.05) is 0 Å². The van der Waals surface area contributed by atoms with Gasteiger partial charge >= 0.3 is 0 Å². The summed E-state index contributed by atoms with van der Waals surface area (Å²) >= 11 is 0. The topological polar surface area (TPSA) is 55.1 Å². The molecule has 0 aromatic rings. The Hall–Kier alpha value is -0.570. The first kappa shape index (κ1) is 13.9. The first-order valence-electron chi connectivity index (χ1n) is 7.64. The smallest absolute Gasteiger partial charge is 0.223 e. The Morgan fingerprint density at radius 1 is 1.06 bits per heavy atom. The third-order valence-corrected chi connectivity index (χ3v) is 5.06. The van der Waals surface area contributed by atoms with E-state index in [9.17, 15) is 4.79 Å². The molecule has 2 rings (SSSR count). The monoisotopic (exact) mass is 252 g/mol. The van der Waals surface area contributed by atoms with Crippen molar-refractivity contribution in [2.45, 2.75) is 70.9 Å². The summed E-state index contributed by atoms with van der Waals surface area (Å²) in [5.41, 5.74) is 6.08. The Bertz CT molecular complexity index is 284. The summed E-state index contributed by atoms with van der Waals surface area (Å²) < 4.78 is 0. The maximum Gasteiger partial charge on any atom is 0.223 e. The first-order valence-corrected chi connectivity index (χ1v) is 7.64. The molecule has 3 nitrogen and oxygen atoms in total. The number of hydrogen-bond acceptors (Lipinski definition) is 2. The normalized spacial score (nSPS) is 41.4. The zero-order valence-corrected chi connectivity index (χ0v) is 11.8. The van der Waals surface area contributed by atoms with E-state index in [0.717, 1.165) is 38.0 Å². The van der Waals surface area contributed by atoms with E-state index in [1.807, 2.05) is 0 Å². The van der Waals surface area contributed by atoms with Crippen LogP contribution in [0.1, 0.15) is 58.8 Å². The number of carbonyl (C=O) groups excluding carboxylic acids is 1. The number of hydrogen-bond donors (Lipinski definition) is 2. The molecule has 0 aliphatic heterocycles. The van der Waals surface area contributed by atoms with Gasteiger partial charge in [0.15, 0.2) is 0 Å². The lowest BCUT2D eigenvalue weighted by molar-refractivity contribution is -0.128. The van der Waals surface area contributed by atoms with Crippen LogP contribution in [0.5, 0.6) is 0 Å². The Kier molecular flexibility index (Phi) is 4.66. The van der Waals surface area contributed by atoms with Crippen LogP contribution in [-0.4, -0.2) is 18.0 Å². The zero-order valence-electron chi connectivity index (χ0n) is 11.8. The first-order chi connectivity index (χ1) is 8.58. The predicted molar refractivity (Wildman–Crippen MR) is 74.0 cm³/mol. The molecule has 0 saturated heterocycles. The van der Waals surface area contributed by atoms with Gasteiger partial charge in [0.25, 0.3) is 0 Å². The van der Waals surface area contributed by atoms with Crippen LogP contribution in [0.2, 0.25) is 0 Å². The molecule has 2 fully saturated rings. The van der Waals surface area contributed by atoms with E-state index in [4.69, 9.17) is 5.73 Å². The Morgan fingerprint density at radius 3 is 2.39 bits per heavy atom. The lowest BCUT2D eigenvalue weighted by atomic mass is 9.76. The second kappa shape index (κ2) is 6.05. The molecule has 3 atom stereocenters. The van der Waals surface area contributed by atoms with Crippen molar-refractivity contribution < 1.29 is 4.79 Å². The molecule has 0 heterocycles. The van der Waals surface area contributed by atoms with Crippen molar-refractivity contribution in [2.24, 2.45) is 23.5 Å². The summed E-state index contributed by atoms with van der Waals surface area (Å²) in [6, 6.07) is 0.625. The fourth-order valence-corrected chi connectivity index (χ4v) is 3.48. The van der Waals surface area contributed by atoms with Crippen molar-refractivity contribution in [3.8, 4) is 0 Å². The fraction of sp³-hybridized carbons (Fsp3) is 0.933. The highest BCUT2D eigenvalue weighted by Crippen LogP contribution is 2.30. The summed E-state index contributed by atoms with van der Waals surface area (Å²) in [6.07, 6.45) is 8.01. The molecule has 0 aromatic heterocycles. The largest absolute Gasteiger partial charge is 0.353 e.